The molecule has 4 heteroatoms. The fraction of sp³-hybridized carbons (Fsp3) is 0.609. The lowest BCUT2D eigenvalue weighted by atomic mass is 9.77. The Morgan fingerprint density at radius 1 is 1.33 bits per heavy atom. The van der Waals surface area contributed by atoms with Crippen molar-refractivity contribution >= 4 is 11.3 Å². The predicted molar refractivity (Wildman–Crippen MR) is 114 cm³/mol. The highest BCUT2D eigenvalue weighted by Gasteiger charge is 2.46. The topological polar surface area (TPSA) is 25.4 Å². The Kier molecular flexibility index (Phi) is 6.39. The molecule has 3 nitrogen and oxygen atoms in total. The van der Waals surface area contributed by atoms with Gasteiger partial charge in [-0.1, -0.05) is 12.1 Å². The van der Waals surface area contributed by atoms with E-state index in [-0.39, 0.29) is 17.1 Å². The van der Waals surface area contributed by atoms with E-state index in [9.17, 15) is 0 Å². The molecule has 0 saturated carbocycles. The molecule has 27 heavy (non-hydrogen) atoms. The summed E-state index contributed by atoms with van der Waals surface area (Å²) in [6.07, 6.45) is 5.86. The van der Waals surface area contributed by atoms with E-state index in [0.717, 1.165) is 31.8 Å². The minimum absolute atomic E-state index is 0.0166. The largest absolute Gasteiger partial charge is 0.378 e. The summed E-state index contributed by atoms with van der Waals surface area (Å²) < 4.78 is 6.15. The van der Waals surface area contributed by atoms with Crippen LogP contribution < -0.4 is 0 Å². The molecule has 1 saturated heterocycles. The molecule has 1 aliphatic heterocycles. The maximum Gasteiger partial charge on any atom is 0.0615 e. The van der Waals surface area contributed by atoms with Crippen LogP contribution in [0, 0.1) is 12.3 Å². The van der Waals surface area contributed by atoms with E-state index in [0.29, 0.717) is 0 Å². The second-order valence-electron chi connectivity index (χ2n) is 8.46. The van der Waals surface area contributed by atoms with Crippen LogP contribution in [0.4, 0.5) is 0 Å². The molecule has 2 atom stereocenters. The molecule has 0 unspecified atom stereocenters. The molecule has 148 valence electrons. The van der Waals surface area contributed by atoms with Gasteiger partial charge < -0.3 is 4.74 Å². The van der Waals surface area contributed by atoms with Crippen molar-refractivity contribution in [2.24, 2.45) is 5.41 Å². The zero-order chi connectivity index (χ0) is 19.5. The monoisotopic (exact) mass is 386 g/mol. The molecule has 0 aromatic carbocycles. The summed E-state index contributed by atoms with van der Waals surface area (Å²) >= 11 is 1.87. The van der Waals surface area contributed by atoms with Gasteiger partial charge in [0.25, 0.3) is 0 Å². The van der Waals surface area contributed by atoms with Gasteiger partial charge in [-0.2, -0.15) is 0 Å². The van der Waals surface area contributed by atoms with Crippen LogP contribution in [0.1, 0.15) is 56.7 Å². The van der Waals surface area contributed by atoms with Crippen LogP contribution in [-0.2, 0) is 16.7 Å². The molecule has 0 spiro atoms. The SMILES string of the molecule is CCO[C@H](C)[C@]1(CCc2cccs2)CCN(C(C)(C)c2ccc(C)nc2)C1. The van der Waals surface area contributed by atoms with Gasteiger partial charge in [-0.3, -0.25) is 9.88 Å². The Labute approximate surface area is 168 Å². The summed E-state index contributed by atoms with van der Waals surface area (Å²) in [5.41, 5.74) is 2.57. The lowest BCUT2D eigenvalue weighted by molar-refractivity contribution is -0.0291. The first-order valence-electron chi connectivity index (χ1n) is 10.2. The molecule has 0 amide bonds. The van der Waals surface area contributed by atoms with Crippen molar-refractivity contribution < 1.29 is 4.74 Å². The molecule has 3 rings (SSSR count). The number of hydrogen-bond acceptors (Lipinski definition) is 4. The Balaban J connectivity index is 1.78. The fourth-order valence-corrected chi connectivity index (χ4v) is 5.09. The number of hydrogen-bond donors (Lipinski definition) is 0. The second kappa shape index (κ2) is 8.42. The van der Waals surface area contributed by atoms with Gasteiger partial charge >= 0.3 is 0 Å². The van der Waals surface area contributed by atoms with Gasteiger partial charge in [0.05, 0.1) is 6.10 Å². The number of thiophene rings is 1. The van der Waals surface area contributed by atoms with Gasteiger partial charge in [-0.05, 0) is 83.5 Å². The van der Waals surface area contributed by atoms with Crippen LogP contribution in [0.15, 0.2) is 35.8 Å². The van der Waals surface area contributed by atoms with E-state index in [4.69, 9.17) is 4.74 Å². The summed E-state index contributed by atoms with van der Waals surface area (Å²) in [6.45, 7) is 14.1. The van der Waals surface area contributed by atoms with E-state index < -0.39 is 0 Å². The van der Waals surface area contributed by atoms with E-state index in [1.807, 2.05) is 24.5 Å². The number of likely N-dealkylation sites (tertiary alicyclic amines) is 1. The molecule has 0 N–H and O–H groups in total. The van der Waals surface area contributed by atoms with Crippen molar-refractivity contribution in [3.8, 4) is 0 Å². The molecule has 0 aliphatic carbocycles. The lowest BCUT2D eigenvalue weighted by Gasteiger charge is -2.40. The van der Waals surface area contributed by atoms with Gasteiger partial charge in [0, 0.05) is 40.9 Å². The molecular formula is C23H34N2OS. The molecule has 1 aliphatic rings. The van der Waals surface area contributed by atoms with Gasteiger partial charge in [-0.25, -0.2) is 0 Å². The molecule has 2 aromatic heterocycles. The number of rotatable bonds is 8. The standard InChI is InChI=1S/C23H34N2OS/c1-6-26-19(3)23(12-11-21-8-7-15-27-21)13-14-25(17-23)22(4,5)20-10-9-18(2)24-16-20/h7-10,15-16,19H,6,11-14,17H2,1-5H3/t19-,23-/m1/s1. The van der Waals surface area contributed by atoms with Crippen LogP contribution in [0.25, 0.3) is 0 Å². The Bertz CT molecular complexity index is 710. The molecule has 0 bridgehead atoms. The Morgan fingerprint density at radius 2 is 2.15 bits per heavy atom. The highest BCUT2D eigenvalue weighted by molar-refractivity contribution is 7.09. The highest BCUT2D eigenvalue weighted by Crippen LogP contribution is 2.44. The average molecular weight is 387 g/mol. The Morgan fingerprint density at radius 3 is 2.78 bits per heavy atom. The minimum Gasteiger partial charge on any atom is -0.378 e. The molecule has 0 radical (unpaired) electrons. The number of ether oxygens (including phenoxy) is 1. The first kappa shape index (κ1) is 20.5. The number of aryl methyl sites for hydroxylation is 2. The van der Waals surface area contributed by atoms with Gasteiger partial charge in [-0.15, -0.1) is 11.3 Å². The van der Waals surface area contributed by atoms with Crippen LogP contribution in [0.5, 0.6) is 0 Å². The van der Waals surface area contributed by atoms with Crippen molar-refractivity contribution in [2.45, 2.75) is 65.5 Å². The van der Waals surface area contributed by atoms with Crippen LogP contribution in [-0.4, -0.2) is 35.7 Å². The van der Waals surface area contributed by atoms with E-state index in [1.54, 1.807) is 0 Å². The van der Waals surface area contributed by atoms with E-state index >= 15 is 0 Å². The zero-order valence-corrected chi connectivity index (χ0v) is 18.3. The molecule has 1 fully saturated rings. The zero-order valence-electron chi connectivity index (χ0n) is 17.5. The highest BCUT2D eigenvalue weighted by atomic mass is 32.1. The number of nitrogens with zero attached hydrogens (tertiary/aromatic N) is 2. The van der Waals surface area contributed by atoms with Crippen LogP contribution in [0.2, 0.25) is 0 Å². The summed E-state index contributed by atoms with van der Waals surface area (Å²) in [5, 5.41) is 2.18. The quantitative estimate of drug-likeness (QED) is 0.604. The first-order chi connectivity index (χ1) is 12.9. The number of pyridine rings is 1. The molecule has 3 heterocycles. The maximum atomic E-state index is 6.15. The molecule has 2 aromatic rings. The van der Waals surface area contributed by atoms with E-state index in [1.165, 1.54) is 23.3 Å². The van der Waals surface area contributed by atoms with Gasteiger partial charge in [0.15, 0.2) is 0 Å². The van der Waals surface area contributed by atoms with Crippen LogP contribution in [0.3, 0.4) is 0 Å². The van der Waals surface area contributed by atoms with Crippen molar-refractivity contribution in [3.05, 3.63) is 52.0 Å². The van der Waals surface area contributed by atoms with Crippen LogP contribution >= 0.6 is 11.3 Å². The van der Waals surface area contributed by atoms with Crippen molar-refractivity contribution in [1.29, 1.82) is 0 Å². The maximum absolute atomic E-state index is 6.15. The predicted octanol–water partition coefficient (Wildman–Crippen LogP) is 5.44. The number of aromatic nitrogens is 1. The van der Waals surface area contributed by atoms with Gasteiger partial charge in [0.1, 0.15) is 0 Å². The fourth-order valence-electron chi connectivity index (χ4n) is 4.38. The summed E-state index contributed by atoms with van der Waals surface area (Å²) in [5.74, 6) is 0. The first-order valence-corrected chi connectivity index (χ1v) is 11.1. The normalized spacial score (nSPS) is 22.3. The van der Waals surface area contributed by atoms with E-state index in [2.05, 4.69) is 67.2 Å². The van der Waals surface area contributed by atoms with Crippen molar-refractivity contribution in [2.75, 3.05) is 19.7 Å². The van der Waals surface area contributed by atoms with Gasteiger partial charge in [0.2, 0.25) is 0 Å². The summed E-state index contributed by atoms with van der Waals surface area (Å²) in [4.78, 5) is 8.66. The third kappa shape index (κ3) is 4.44. The van der Waals surface area contributed by atoms with Crippen molar-refractivity contribution in [1.82, 2.24) is 9.88 Å². The lowest BCUT2D eigenvalue weighted by Crippen LogP contribution is -2.44. The summed E-state index contributed by atoms with van der Waals surface area (Å²) in [7, 11) is 0. The second-order valence-corrected chi connectivity index (χ2v) is 9.49. The minimum atomic E-state index is -0.0166. The Hall–Kier alpha value is -1.23. The average Bonchev–Trinajstić information content (AvgIpc) is 3.31. The summed E-state index contributed by atoms with van der Waals surface area (Å²) in [6, 6.07) is 8.78. The third-order valence-corrected chi connectivity index (χ3v) is 7.46. The molecular weight excluding hydrogens is 352 g/mol. The third-order valence-electron chi connectivity index (χ3n) is 6.52. The van der Waals surface area contributed by atoms with Crippen molar-refractivity contribution in [3.63, 3.8) is 0 Å². The smallest absolute Gasteiger partial charge is 0.0615 e.